The van der Waals surface area contributed by atoms with Gasteiger partial charge < -0.3 is 10.3 Å². The van der Waals surface area contributed by atoms with Gasteiger partial charge in [-0.3, -0.25) is 4.98 Å². The van der Waals surface area contributed by atoms with E-state index in [0.29, 0.717) is 33.7 Å². The maximum absolute atomic E-state index is 5.96. The Morgan fingerprint density at radius 2 is 2.00 bits per heavy atom. The van der Waals surface area contributed by atoms with Crippen LogP contribution in [0, 0.1) is 0 Å². The van der Waals surface area contributed by atoms with Gasteiger partial charge in [-0.15, -0.1) is 0 Å². The second kappa shape index (κ2) is 5.75. The van der Waals surface area contributed by atoms with E-state index in [2.05, 4.69) is 47.0 Å². The van der Waals surface area contributed by atoms with E-state index in [1.54, 1.807) is 24.4 Å². The predicted octanol–water partition coefficient (Wildman–Crippen LogP) is 4.56. The van der Waals surface area contributed by atoms with Gasteiger partial charge in [-0.1, -0.05) is 16.8 Å². The zero-order valence-electron chi connectivity index (χ0n) is 10.3. The van der Waals surface area contributed by atoms with Crippen LogP contribution in [0.1, 0.15) is 0 Å². The summed E-state index contributed by atoms with van der Waals surface area (Å²) in [7, 11) is 0. The molecule has 0 saturated carbocycles. The van der Waals surface area contributed by atoms with E-state index in [9.17, 15) is 0 Å². The number of halogens is 3. The lowest BCUT2D eigenvalue weighted by Crippen LogP contribution is -1.91. The summed E-state index contributed by atoms with van der Waals surface area (Å²) in [6.07, 6.45) is 1.66. The second-order valence-corrected chi connectivity index (χ2v) is 6.35. The summed E-state index contributed by atoms with van der Waals surface area (Å²) in [6, 6.07) is 6.92. The summed E-state index contributed by atoms with van der Waals surface area (Å²) >= 11 is 12.7. The molecular formula is C13H7Br2ClN4O. The van der Waals surface area contributed by atoms with E-state index in [4.69, 9.17) is 21.9 Å². The zero-order valence-corrected chi connectivity index (χ0v) is 14.3. The Bertz CT molecular complexity index is 822. The number of anilines is 1. The third-order valence-electron chi connectivity index (χ3n) is 2.69. The Kier molecular flexibility index (Phi) is 3.97. The Morgan fingerprint density at radius 1 is 1.19 bits per heavy atom. The molecule has 1 aromatic carbocycles. The molecule has 5 nitrogen and oxygen atoms in total. The SMILES string of the molecule is Nc1ccc(Cl)cc1-c1nc(-c2ncc(Br)cc2Br)no1. The number of pyridine rings is 1. The maximum Gasteiger partial charge on any atom is 0.260 e. The lowest BCUT2D eigenvalue weighted by Gasteiger charge is -2.00. The fraction of sp³-hybridized carbons (Fsp3) is 0. The van der Waals surface area contributed by atoms with Crippen LogP contribution in [-0.2, 0) is 0 Å². The molecule has 3 rings (SSSR count). The molecule has 0 atom stereocenters. The van der Waals surface area contributed by atoms with Crippen molar-refractivity contribution in [3.8, 4) is 23.0 Å². The number of hydrogen-bond acceptors (Lipinski definition) is 5. The number of aromatic nitrogens is 3. The molecule has 0 unspecified atom stereocenters. The third kappa shape index (κ3) is 2.95. The van der Waals surface area contributed by atoms with Gasteiger partial charge >= 0.3 is 0 Å². The van der Waals surface area contributed by atoms with E-state index in [0.717, 1.165) is 8.95 Å². The van der Waals surface area contributed by atoms with Crippen molar-refractivity contribution < 1.29 is 4.52 Å². The van der Waals surface area contributed by atoms with Crippen molar-refractivity contribution >= 4 is 49.1 Å². The van der Waals surface area contributed by atoms with Crippen molar-refractivity contribution in [2.45, 2.75) is 0 Å². The van der Waals surface area contributed by atoms with Gasteiger partial charge in [-0.2, -0.15) is 4.98 Å². The minimum atomic E-state index is 0.293. The number of benzene rings is 1. The molecule has 0 fully saturated rings. The number of rotatable bonds is 2. The van der Waals surface area contributed by atoms with Crippen molar-refractivity contribution in [1.29, 1.82) is 0 Å². The van der Waals surface area contributed by atoms with E-state index in [1.807, 2.05) is 6.07 Å². The highest BCUT2D eigenvalue weighted by Crippen LogP contribution is 2.31. The molecule has 0 spiro atoms. The zero-order chi connectivity index (χ0) is 15.0. The summed E-state index contributed by atoms with van der Waals surface area (Å²) in [5.74, 6) is 0.658. The third-order valence-corrected chi connectivity index (χ3v) is 3.96. The molecule has 21 heavy (non-hydrogen) atoms. The Morgan fingerprint density at radius 3 is 2.76 bits per heavy atom. The van der Waals surface area contributed by atoms with Crippen LogP contribution in [0.15, 0.2) is 43.9 Å². The van der Waals surface area contributed by atoms with Crippen LogP contribution in [-0.4, -0.2) is 15.1 Å². The van der Waals surface area contributed by atoms with Crippen molar-refractivity contribution in [2.75, 3.05) is 5.73 Å². The average molecular weight is 430 g/mol. The van der Waals surface area contributed by atoms with E-state index in [-0.39, 0.29) is 0 Å². The minimum absolute atomic E-state index is 0.293. The van der Waals surface area contributed by atoms with Gasteiger partial charge in [0.15, 0.2) is 0 Å². The van der Waals surface area contributed by atoms with Crippen LogP contribution in [0.5, 0.6) is 0 Å². The highest BCUT2D eigenvalue weighted by atomic mass is 79.9. The van der Waals surface area contributed by atoms with Gasteiger partial charge in [-0.05, 0) is 56.1 Å². The van der Waals surface area contributed by atoms with Crippen molar-refractivity contribution in [3.63, 3.8) is 0 Å². The van der Waals surface area contributed by atoms with Gasteiger partial charge in [0.25, 0.3) is 5.89 Å². The Balaban J connectivity index is 2.06. The molecule has 2 heterocycles. The lowest BCUT2D eigenvalue weighted by molar-refractivity contribution is 0.432. The Labute approximate surface area is 141 Å². The van der Waals surface area contributed by atoms with Gasteiger partial charge in [-0.25, -0.2) is 0 Å². The normalized spacial score (nSPS) is 10.8. The molecule has 0 aliphatic heterocycles. The number of nitrogens with zero attached hydrogens (tertiary/aromatic N) is 3. The van der Waals surface area contributed by atoms with E-state index < -0.39 is 0 Å². The Hall–Kier alpha value is -1.44. The highest BCUT2D eigenvalue weighted by molar-refractivity contribution is 9.11. The van der Waals surface area contributed by atoms with Gasteiger partial charge in [0.2, 0.25) is 5.82 Å². The first-order valence-corrected chi connectivity index (χ1v) is 7.71. The van der Waals surface area contributed by atoms with Crippen LogP contribution in [0.3, 0.4) is 0 Å². The fourth-order valence-electron chi connectivity index (χ4n) is 1.72. The lowest BCUT2D eigenvalue weighted by atomic mass is 10.2. The van der Waals surface area contributed by atoms with E-state index in [1.165, 1.54) is 0 Å². The summed E-state index contributed by atoms with van der Waals surface area (Å²) in [6.45, 7) is 0. The molecule has 2 N–H and O–H groups in total. The molecule has 0 aliphatic rings. The number of nitrogens with two attached hydrogens (primary N) is 1. The van der Waals surface area contributed by atoms with Gasteiger partial charge in [0.05, 0.1) is 5.56 Å². The first-order valence-electron chi connectivity index (χ1n) is 5.75. The quantitative estimate of drug-likeness (QED) is 0.603. The van der Waals surface area contributed by atoms with Crippen LogP contribution < -0.4 is 5.73 Å². The molecule has 2 aromatic heterocycles. The summed E-state index contributed by atoms with van der Waals surface area (Å²) < 4.78 is 6.86. The molecule has 3 aromatic rings. The molecule has 106 valence electrons. The molecule has 8 heteroatoms. The monoisotopic (exact) mass is 428 g/mol. The smallest absolute Gasteiger partial charge is 0.260 e. The fourth-order valence-corrected chi connectivity index (χ4v) is 3.06. The second-order valence-electron chi connectivity index (χ2n) is 4.14. The van der Waals surface area contributed by atoms with Crippen LogP contribution >= 0.6 is 43.5 Å². The van der Waals surface area contributed by atoms with Crippen LogP contribution in [0.4, 0.5) is 5.69 Å². The molecular weight excluding hydrogens is 423 g/mol. The van der Waals surface area contributed by atoms with Crippen molar-refractivity contribution in [1.82, 2.24) is 15.1 Å². The maximum atomic E-state index is 5.96. The molecule has 0 radical (unpaired) electrons. The molecule has 0 aliphatic carbocycles. The predicted molar refractivity (Wildman–Crippen MR) is 87.8 cm³/mol. The number of nitrogen functional groups attached to an aromatic ring is 1. The largest absolute Gasteiger partial charge is 0.398 e. The van der Waals surface area contributed by atoms with Crippen molar-refractivity contribution in [2.24, 2.45) is 0 Å². The van der Waals surface area contributed by atoms with Gasteiger partial charge in [0, 0.05) is 25.9 Å². The summed E-state index contributed by atoms with van der Waals surface area (Å²) in [5.41, 5.74) is 7.58. The molecule has 0 saturated heterocycles. The topological polar surface area (TPSA) is 77.8 Å². The highest BCUT2D eigenvalue weighted by Gasteiger charge is 2.16. The minimum Gasteiger partial charge on any atom is -0.398 e. The average Bonchev–Trinajstić information content (AvgIpc) is 2.91. The van der Waals surface area contributed by atoms with Gasteiger partial charge in [0.1, 0.15) is 5.69 Å². The molecule has 0 bridgehead atoms. The first kappa shape index (κ1) is 14.5. The summed E-state index contributed by atoms with van der Waals surface area (Å²) in [4.78, 5) is 8.58. The van der Waals surface area contributed by atoms with Crippen LogP contribution in [0.25, 0.3) is 23.0 Å². The summed E-state index contributed by atoms with van der Waals surface area (Å²) in [5, 5.41) is 4.47. The molecule has 0 amide bonds. The van der Waals surface area contributed by atoms with E-state index >= 15 is 0 Å². The van der Waals surface area contributed by atoms with Crippen LogP contribution in [0.2, 0.25) is 5.02 Å². The standard InChI is InChI=1S/C13H7Br2ClN4O/c14-6-3-9(15)11(18-5-6)12-19-13(21-20-12)8-4-7(16)1-2-10(8)17/h1-5H,17H2. The first-order chi connectivity index (χ1) is 10.0. The van der Waals surface area contributed by atoms with Crippen molar-refractivity contribution in [3.05, 3.63) is 44.4 Å². The number of hydrogen-bond donors (Lipinski definition) is 1.